The third-order valence-electron chi connectivity index (χ3n) is 3.46. The van der Waals surface area contributed by atoms with E-state index in [0.29, 0.717) is 5.69 Å². The fourth-order valence-electron chi connectivity index (χ4n) is 2.12. The molecule has 1 amide bonds. The predicted octanol–water partition coefficient (Wildman–Crippen LogP) is 3.32. The van der Waals surface area contributed by atoms with E-state index in [2.05, 4.69) is 5.32 Å². The number of ether oxygens (including phenoxy) is 2. The van der Waals surface area contributed by atoms with E-state index in [4.69, 9.17) is 9.47 Å². The molecule has 0 spiro atoms. The minimum absolute atomic E-state index is 0.0288. The minimum atomic E-state index is -1.17. The lowest BCUT2D eigenvalue weighted by Gasteiger charge is -2.14. The second kappa shape index (κ2) is 8.75. The SMILES string of the molecule is CCOc1ccc(C(=O)O[C@@H](C)C(=O)Nc2ccc(F)cc2)cc1[N+](=O)[O-]. The smallest absolute Gasteiger partial charge is 0.339 e. The molecule has 0 fully saturated rings. The molecule has 2 rings (SSSR count). The van der Waals surface area contributed by atoms with Crippen molar-refractivity contribution in [2.75, 3.05) is 11.9 Å². The van der Waals surface area contributed by atoms with Gasteiger partial charge in [0.05, 0.1) is 17.1 Å². The normalized spacial score (nSPS) is 11.4. The molecule has 2 aromatic rings. The van der Waals surface area contributed by atoms with Gasteiger partial charge in [0.2, 0.25) is 0 Å². The molecule has 0 aromatic heterocycles. The number of esters is 1. The maximum Gasteiger partial charge on any atom is 0.339 e. The van der Waals surface area contributed by atoms with Crippen LogP contribution in [-0.2, 0) is 9.53 Å². The first-order valence-electron chi connectivity index (χ1n) is 8.00. The Morgan fingerprint density at radius 1 is 1.22 bits per heavy atom. The molecule has 9 heteroatoms. The molecule has 0 heterocycles. The van der Waals surface area contributed by atoms with Crippen LogP contribution in [-0.4, -0.2) is 29.5 Å². The molecule has 0 aliphatic heterocycles. The van der Waals surface area contributed by atoms with Crippen molar-refractivity contribution >= 4 is 23.3 Å². The van der Waals surface area contributed by atoms with E-state index in [0.717, 1.165) is 6.07 Å². The van der Waals surface area contributed by atoms with E-state index < -0.39 is 28.7 Å². The Balaban J connectivity index is 2.06. The van der Waals surface area contributed by atoms with Crippen molar-refractivity contribution in [2.45, 2.75) is 20.0 Å². The number of benzene rings is 2. The molecule has 0 saturated carbocycles. The van der Waals surface area contributed by atoms with Gasteiger partial charge in [0.1, 0.15) is 5.82 Å². The monoisotopic (exact) mass is 376 g/mol. The van der Waals surface area contributed by atoms with E-state index in [9.17, 15) is 24.1 Å². The van der Waals surface area contributed by atoms with Crippen LogP contribution in [0.3, 0.4) is 0 Å². The standard InChI is InChI=1S/C18H17FN2O6/c1-3-26-16-9-4-12(10-15(16)21(24)25)18(23)27-11(2)17(22)20-14-7-5-13(19)6-8-14/h4-11H,3H2,1-2H3,(H,20,22)/t11-/m0/s1. The van der Waals surface area contributed by atoms with Gasteiger partial charge < -0.3 is 14.8 Å². The molecule has 0 aliphatic carbocycles. The third kappa shape index (κ3) is 5.24. The Labute approximate surface area is 154 Å². The summed E-state index contributed by atoms with van der Waals surface area (Å²) in [6, 6.07) is 8.69. The summed E-state index contributed by atoms with van der Waals surface area (Å²) in [6.07, 6.45) is -1.17. The number of carbonyl (C=O) groups is 2. The molecule has 0 radical (unpaired) electrons. The first-order chi connectivity index (χ1) is 12.8. The van der Waals surface area contributed by atoms with Crippen molar-refractivity contribution in [1.29, 1.82) is 0 Å². The number of hydrogen-bond acceptors (Lipinski definition) is 6. The van der Waals surface area contributed by atoms with Gasteiger partial charge in [-0.25, -0.2) is 9.18 Å². The van der Waals surface area contributed by atoms with Gasteiger partial charge in [-0.3, -0.25) is 14.9 Å². The lowest BCUT2D eigenvalue weighted by Crippen LogP contribution is -2.30. The number of nitrogens with one attached hydrogen (secondary N) is 1. The number of halogens is 1. The lowest BCUT2D eigenvalue weighted by molar-refractivity contribution is -0.385. The fraction of sp³-hybridized carbons (Fsp3) is 0.222. The van der Waals surface area contributed by atoms with E-state index in [1.807, 2.05) is 0 Å². The molecule has 1 atom stereocenters. The van der Waals surface area contributed by atoms with Crippen molar-refractivity contribution in [3.8, 4) is 5.75 Å². The summed E-state index contributed by atoms with van der Waals surface area (Å²) < 4.78 is 23.1. The number of nitro groups is 1. The topological polar surface area (TPSA) is 108 Å². The Bertz CT molecular complexity index is 853. The highest BCUT2D eigenvalue weighted by Gasteiger charge is 2.23. The number of nitro benzene ring substituents is 1. The van der Waals surface area contributed by atoms with E-state index in [1.165, 1.54) is 43.3 Å². The average molecular weight is 376 g/mol. The molecular formula is C18H17FN2O6. The van der Waals surface area contributed by atoms with Crippen LogP contribution in [0, 0.1) is 15.9 Å². The number of carbonyl (C=O) groups excluding carboxylic acids is 2. The summed E-state index contributed by atoms with van der Waals surface area (Å²) in [5.41, 5.74) is -0.137. The molecule has 0 bridgehead atoms. The number of rotatable bonds is 7. The molecule has 0 saturated heterocycles. The summed E-state index contributed by atoms with van der Waals surface area (Å²) in [5.74, 6) is -1.95. The molecule has 142 valence electrons. The van der Waals surface area contributed by atoms with Gasteiger partial charge >= 0.3 is 11.7 Å². The lowest BCUT2D eigenvalue weighted by atomic mass is 10.2. The second-order valence-corrected chi connectivity index (χ2v) is 5.42. The summed E-state index contributed by atoms with van der Waals surface area (Å²) in [6.45, 7) is 3.25. The van der Waals surface area contributed by atoms with Crippen LogP contribution in [0.2, 0.25) is 0 Å². The van der Waals surface area contributed by atoms with Crippen molar-refractivity contribution < 1.29 is 28.4 Å². The van der Waals surface area contributed by atoms with Crippen molar-refractivity contribution in [1.82, 2.24) is 0 Å². The first-order valence-corrected chi connectivity index (χ1v) is 8.00. The summed E-state index contributed by atoms with van der Waals surface area (Å²) >= 11 is 0. The number of amides is 1. The van der Waals surface area contributed by atoms with Crippen LogP contribution in [0.4, 0.5) is 15.8 Å². The zero-order chi connectivity index (χ0) is 20.0. The number of nitrogens with zero attached hydrogens (tertiary/aromatic N) is 1. The largest absolute Gasteiger partial charge is 0.487 e. The molecule has 0 aliphatic rings. The Kier molecular flexibility index (Phi) is 6.42. The van der Waals surface area contributed by atoms with E-state index in [1.54, 1.807) is 6.92 Å². The zero-order valence-corrected chi connectivity index (χ0v) is 14.6. The number of hydrogen-bond donors (Lipinski definition) is 1. The van der Waals surface area contributed by atoms with Gasteiger partial charge in [-0.1, -0.05) is 0 Å². The first kappa shape index (κ1) is 19.8. The van der Waals surface area contributed by atoms with Crippen LogP contribution < -0.4 is 10.1 Å². The quantitative estimate of drug-likeness (QED) is 0.451. The molecular weight excluding hydrogens is 359 g/mol. The summed E-state index contributed by atoms with van der Waals surface area (Å²) in [5, 5.41) is 13.6. The highest BCUT2D eigenvalue weighted by molar-refractivity contribution is 5.97. The number of anilines is 1. The summed E-state index contributed by atoms with van der Waals surface area (Å²) in [4.78, 5) is 34.7. The van der Waals surface area contributed by atoms with Crippen molar-refractivity contribution in [2.24, 2.45) is 0 Å². The maximum atomic E-state index is 12.9. The predicted molar refractivity (Wildman–Crippen MR) is 94.2 cm³/mol. The van der Waals surface area contributed by atoms with Crippen LogP contribution in [0.25, 0.3) is 0 Å². The van der Waals surface area contributed by atoms with Gasteiger partial charge in [-0.15, -0.1) is 0 Å². The molecule has 27 heavy (non-hydrogen) atoms. The molecule has 0 unspecified atom stereocenters. The van der Waals surface area contributed by atoms with Crippen molar-refractivity contribution in [3.63, 3.8) is 0 Å². The van der Waals surface area contributed by atoms with Crippen LogP contribution >= 0.6 is 0 Å². The van der Waals surface area contributed by atoms with Gasteiger partial charge in [-0.2, -0.15) is 0 Å². The van der Waals surface area contributed by atoms with Crippen molar-refractivity contribution in [3.05, 3.63) is 64.0 Å². The van der Waals surface area contributed by atoms with E-state index in [-0.39, 0.29) is 23.6 Å². The Morgan fingerprint density at radius 3 is 2.48 bits per heavy atom. The highest BCUT2D eigenvalue weighted by Crippen LogP contribution is 2.28. The van der Waals surface area contributed by atoms with E-state index >= 15 is 0 Å². The van der Waals surface area contributed by atoms with Gasteiger partial charge in [0.15, 0.2) is 11.9 Å². The molecule has 2 aromatic carbocycles. The van der Waals surface area contributed by atoms with Gasteiger partial charge in [0.25, 0.3) is 5.91 Å². The van der Waals surface area contributed by atoms with Crippen LogP contribution in [0.5, 0.6) is 5.75 Å². The highest BCUT2D eigenvalue weighted by atomic mass is 19.1. The Morgan fingerprint density at radius 2 is 1.89 bits per heavy atom. The fourth-order valence-corrected chi connectivity index (χ4v) is 2.12. The maximum absolute atomic E-state index is 12.9. The van der Waals surface area contributed by atoms with Gasteiger partial charge in [-0.05, 0) is 50.2 Å². The third-order valence-corrected chi connectivity index (χ3v) is 3.46. The molecule has 8 nitrogen and oxygen atoms in total. The van der Waals surface area contributed by atoms with Gasteiger partial charge in [0, 0.05) is 11.8 Å². The zero-order valence-electron chi connectivity index (χ0n) is 14.6. The average Bonchev–Trinajstić information content (AvgIpc) is 2.63. The minimum Gasteiger partial charge on any atom is -0.487 e. The molecule has 1 N–H and O–H groups in total. The van der Waals surface area contributed by atoms with Crippen LogP contribution in [0.15, 0.2) is 42.5 Å². The summed E-state index contributed by atoms with van der Waals surface area (Å²) in [7, 11) is 0. The van der Waals surface area contributed by atoms with Crippen LogP contribution in [0.1, 0.15) is 24.2 Å². The second-order valence-electron chi connectivity index (χ2n) is 5.42. The Hall–Kier alpha value is -3.49.